The molecule has 0 N–H and O–H groups in total. The summed E-state index contributed by atoms with van der Waals surface area (Å²) in [4.78, 5) is 12.1. The summed E-state index contributed by atoms with van der Waals surface area (Å²) >= 11 is 0. The lowest BCUT2D eigenvalue weighted by Crippen LogP contribution is -2.23. The Morgan fingerprint density at radius 1 is 1.22 bits per heavy atom. The number of hydrogen-bond acceptors (Lipinski definition) is 4. The Hall–Kier alpha value is -2.95. The maximum atomic E-state index is 12.1. The van der Waals surface area contributed by atoms with E-state index in [1.807, 2.05) is 0 Å². The molecule has 120 valence electrons. The minimum absolute atomic E-state index is 0.101. The van der Waals surface area contributed by atoms with Gasteiger partial charge in [-0.05, 0) is 23.8 Å². The summed E-state index contributed by atoms with van der Waals surface area (Å²) in [5.74, 6) is -0.177. The van der Waals surface area contributed by atoms with Crippen LogP contribution >= 0.6 is 0 Å². The molecule has 0 aliphatic carbocycles. The molecule has 0 atom stereocenters. The molecule has 1 aromatic carbocycles. The molecule has 8 heteroatoms. The Morgan fingerprint density at radius 3 is 2.39 bits per heavy atom. The van der Waals surface area contributed by atoms with Crippen molar-refractivity contribution in [3.63, 3.8) is 0 Å². The van der Waals surface area contributed by atoms with Crippen molar-refractivity contribution in [2.24, 2.45) is 0 Å². The third kappa shape index (κ3) is 4.03. The number of alkyl halides is 3. The minimum atomic E-state index is -4.75. The van der Waals surface area contributed by atoms with Crippen LogP contribution in [0.1, 0.15) is 11.1 Å². The molecule has 0 bridgehead atoms. The lowest BCUT2D eigenvalue weighted by Gasteiger charge is -2.11. The average molecular weight is 324 g/mol. The van der Waals surface area contributed by atoms with Crippen molar-refractivity contribution in [1.29, 1.82) is 5.26 Å². The number of pyridine rings is 1. The molecule has 0 aliphatic heterocycles. The molecule has 23 heavy (non-hydrogen) atoms. The molecule has 0 unspecified atom stereocenters. The molecular weight excluding hydrogens is 313 g/mol. The highest BCUT2D eigenvalue weighted by molar-refractivity contribution is 5.40. The topological polar surface area (TPSA) is 64.2 Å². The van der Waals surface area contributed by atoms with E-state index in [1.165, 1.54) is 36.1 Å². The number of benzene rings is 1. The van der Waals surface area contributed by atoms with Crippen molar-refractivity contribution < 1.29 is 22.6 Å². The zero-order valence-electron chi connectivity index (χ0n) is 11.9. The zero-order valence-corrected chi connectivity index (χ0v) is 11.9. The average Bonchev–Trinajstić information content (AvgIpc) is 2.49. The van der Waals surface area contributed by atoms with Crippen LogP contribution in [0.4, 0.5) is 13.2 Å². The van der Waals surface area contributed by atoms with E-state index in [-0.39, 0.29) is 23.6 Å². The van der Waals surface area contributed by atoms with E-state index in [9.17, 15) is 18.0 Å². The first-order chi connectivity index (χ1) is 10.8. The van der Waals surface area contributed by atoms with E-state index < -0.39 is 11.9 Å². The number of methoxy groups -OCH3 is 1. The molecule has 1 heterocycles. The molecule has 5 nitrogen and oxygen atoms in total. The molecule has 0 saturated heterocycles. The summed E-state index contributed by atoms with van der Waals surface area (Å²) < 4.78 is 46.2. The highest BCUT2D eigenvalue weighted by Crippen LogP contribution is 2.23. The van der Waals surface area contributed by atoms with E-state index in [4.69, 9.17) is 10.00 Å². The van der Waals surface area contributed by atoms with E-state index in [0.29, 0.717) is 5.56 Å². The lowest BCUT2D eigenvalue weighted by molar-refractivity contribution is -0.274. The highest BCUT2D eigenvalue weighted by atomic mass is 19.4. The van der Waals surface area contributed by atoms with Crippen LogP contribution in [-0.2, 0) is 6.54 Å². The largest absolute Gasteiger partial charge is 0.573 e. The first-order valence-electron chi connectivity index (χ1n) is 6.36. The van der Waals surface area contributed by atoms with Gasteiger partial charge in [0.2, 0.25) is 0 Å². The number of ether oxygens (including phenoxy) is 2. The monoisotopic (exact) mass is 324 g/mol. The Balaban J connectivity index is 2.23. The van der Waals surface area contributed by atoms with E-state index >= 15 is 0 Å². The zero-order chi connectivity index (χ0) is 17.0. The fourth-order valence-corrected chi connectivity index (χ4v) is 1.95. The molecule has 1 aromatic heterocycles. The molecule has 0 amide bonds. The quantitative estimate of drug-likeness (QED) is 0.867. The van der Waals surface area contributed by atoms with Crippen LogP contribution in [0.5, 0.6) is 11.5 Å². The molecule has 0 fully saturated rings. The van der Waals surface area contributed by atoms with Crippen LogP contribution in [0.15, 0.2) is 41.3 Å². The van der Waals surface area contributed by atoms with Gasteiger partial charge >= 0.3 is 6.36 Å². The van der Waals surface area contributed by atoms with Crippen molar-refractivity contribution in [3.8, 4) is 17.6 Å². The van der Waals surface area contributed by atoms with E-state index in [0.717, 1.165) is 12.1 Å². The maximum Gasteiger partial charge on any atom is 0.573 e. The predicted octanol–water partition coefficient (Wildman–Crippen LogP) is 2.68. The van der Waals surface area contributed by atoms with Gasteiger partial charge in [0.1, 0.15) is 17.6 Å². The van der Waals surface area contributed by atoms with Crippen molar-refractivity contribution >= 4 is 0 Å². The number of aromatic nitrogens is 1. The molecule has 0 aliphatic rings. The summed E-state index contributed by atoms with van der Waals surface area (Å²) in [5.41, 5.74) is -0.0924. The van der Waals surface area contributed by atoms with Crippen LogP contribution in [0.25, 0.3) is 0 Å². The summed E-state index contributed by atoms with van der Waals surface area (Å²) in [6.45, 7) is 0.101. The van der Waals surface area contributed by atoms with Crippen LogP contribution in [0, 0.1) is 11.3 Å². The summed E-state index contributed by atoms with van der Waals surface area (Å²) in [7, 11) is 1.35. The molecule has 0 radical (unpaired) electrons. The van der Waals surface area contributed by atoms with Crippen molar-refractivity contribution in [1.82, 2.24) is 4.57 Å². The minimum Gasteiger partial charge on any atom is -0.495 e. The van der Waals surface area contributed by atoms with Crippen LogP contribution in [0.2, 0.25) is 0 Å². The normalized spacial score (nSPS) is 10.9. The standard InChI is InChI=1S/C15H11F3N2O3/c1-22-13-6-7-20(14(21)12(13)8-19)9-10-2-4-11(5-3-10)23-15(16,17)18/h2-7H,9H2,1H3. The van der Waals surface area contributed by atoms with Crippen LogP contribution in [-0.4, -0.2) is 18.0 Å². The fourth-order valence-electron chi connectivity index (χ4n) is 1.95. The van der Waals surface area contributed by atoms with E-state index in [1.54, 1.807) is 6.07 Å². The van der Waals surface area contributed by atoms with Gasteiger partial charge in [-0.3, -0.25) is 4.79 Å². The second-order valence-electron chi connectivity index (χ2n) is 4.50. The van der Waals surface area contributed by atoms with Gasteiger partial charge in [0.15, 0.2) is 5.56 Å². The number of halogens is 3. The fraction of sp³-hybridized carbons (Fsp3) is 0.200. The summed E-state index contributed by atoms with van der Waals surface area (Å²) in [6.07, 6.45) is -3.31. The second-order valence-corrected chi connectivity index (χ2v) is 4.50. The van der Waals surface area contributed by atoms with Crippen molar-refractivity contribution in [3.05, 3.63) is 58.0 Å². The van der Waals surface area contributed by atoms with Gasteiger partial charge in [-0.2, -0.15) is 5.26 Å². The van der Waals surface area contributed by atoms with Crippen LogP contribution in [0.3, 0.4) is 0 Å². The number of nitrogens with zero attached hydrogens (tertiary/aromatic N) is 2. The first-order valence-corrected chi connectivity index (χ1v) is 6.36. The number of hydrogen-bond donors (Lipinski definition) is 0. The third-order valence-electron chi connectivity index (χ3n) is 2.97. The summed E-state index contributed by atoms with van der Waals surface area (Å²) in [5, 5.41) is 9.00. The number of nitriles is 1. The lowest BCUT2D eigenvalue weighted by atomic mass is 10.2. The first kappa shape index (κ1) is 16.4. The van der Waals surface area contributed by atoms with Gasteiger partial charge in [-0.15, -0.1) is 13.2 Å². The third-order valence-corrected chi connectivity index (χ3v) is 2.97. The second kappa shape index (κ2) is 6.44. The van der Waals surface area contributed by atoms with Crippen molar-refractivity contribution in [2.75, 3.05) is 7.11 Å². The number of rotatable bonds is 4. The Bertz CT molecular complexity index is 790. The Kier molecular flexibility index (Phi) is 4.60. The SMILES string of the molecule is COc1ccn(Cc2ccc(OC(F)(F)F)cc2)c(=O)c1C#N. The summed E-state index contributed by atoms with van der Waals surface area (Å²) in [6, 6.07) is 8.37. The maximum absolute atomic E-state index is 12.1. The smallest absolute Gasteiger partial charge is 0.495 e. The van der Waals surface area contributed by atoms with E-state index in [2.05, 4.69) is 4.74 Å². The molecule has 2 aromatic rings. The van der Waals surface area contributed by atoms with Gasteiger partial charge in [0.25, 0.3) is 5.56 Å². The van der Waals surface area contributed by atoms with Gasteiger partial charge in [0.05, 0.1) is 13.7 Å². The Morgan fingerprint density at radius 2 is 1.87 bits per heavy atom. The van der Waals surface area contributed by atoms with Crippen molar-refractivity contribution in [2.45, 2.75) is 12.9 Å². The molecule has 2 rings (SSSR count). The molecule has 0 spiro atoms. The molecular formula is C15H11F3N2O3. The van der Waals surface area contributed by atoms with Crippen LogP contribution < -0.4 is 15.0 Å². The van der Waals surface area contributed by atoms with Gasteiger partial charge in [0, 0.05) is 6.20 Å². The molecule has 0 saturated carbocycles. The van der Waals surface area contributed by atoms with Gasteiger partial charge < -0.3 is 14.0 Å². The predicted molar refractivity (Wildman–Crippen MR) is 74.2 cm³/mol. The van der Waals surface area contributed by atoms with Gasteiger partial charge in [-0.1, -0.05) is 12.1 Å². The highest BCUT2D eigenvalue weighted by Gasteiger charge is 2.30. The Labute approximate surface area is 129 Å². The van der Waals surface area contributed by atoms with Gasteiger partial charge in [-0.25, -0.2) is 0 Å².